The lowest BCUT2D eigenvalue weighted by Gasteiger charge is -2.33. The SMILES string of the molecule is NC1CCC1CCC(=O)O. The van der Waals surface area contributed by atoms with Gasteiger partial charge in [-0.15, -0.1) is 0 Å². The number of rotatable bonds is 3. The van der Waals surface area contributed by atoms with Crippen LogP contribution in [0.3, 0.4) is 0 Å². The average molecular weight is 143 g/mol. The molecule has 10 heavy (non-hydrogen) atoms. The van der Waals surface area contributed by atoms with Gasteiger partial charge in [-0.25, -0.2) is 0 Å². The van der Waals surface area contributed by atoms with Crippen LogP contribution in [0.5, 0.6) is 0 Å². The first-order valence-corrected chi connectivity index (χ1v) is 3.67. The molecule has 3 N–H and O–H groups in total. The van der Waals surface area contributed by atoms with Gasteiger partial charge in [0.1, 0.15) is 0 Å². The van der Waals surface area contributed by atoms with Gasteiger partial charge in [-0.2, -0.15) is 0 Å². The molecule has 0 aromatic heterocycles. The van der Waals surface area contributed by atoms with Gasteiger partial charge in [0.15, 0.2) is 0 Å². The van der Waals surface area contributed by atoms with Crippen LogP contribution >= 0.6 is 0 Å². The largest absolute Gasteiger partial charge is 0.481 e. The van der Waals surface area contributed by atoms with Gasteiger partial charge in [-0.3, -0.25) is 4.79 Å². The van der Waals surface area contributed by atoms with Crippen molar-refractivity contribution in [3.05, 3.63) is 0 Å². The molecule has 0 radical (unpaired) electrons. The summed E-state index contributed by atoms with van der Waals surface area (Å²) >= 11 is 0. The topological polar surface area (TPSA) is 63.3 Å². The standard InChI is InChI=1S/C7H13NO2/c8-6-3-1-5(6)2-4-7(9)10/h5-6H,1-4,8H2,(H,9,10). The van der Waals surface area contributed by atoms with Crippen LogP contribution in [-0.2, 0) is 4.79 Å². The Morgan fingerprint density at radius 1 is 1.60 bits per heavy atom. The van der Waals surface area contributed by atoms with Crippen LogP contribution in [0.1, 0.15) is 25.7 Å². The van der Waals surface area contributed by atoms with Crippen LogP contribution in [0.15, 0.2) is 0 Å². The molecule has 0 bridgehead atoms. The van der Waals surface area contributed by atoms with Crippen molar-refractivity contribution in [2.75, 3.05) is 0 Å². The molecule has 0 aliphatic heterocycles. The van der Waals surface area contributed by atoms with Crippen molar-refractivity contribution in [1.29, 1.82) is 0 Å². The average Bonchev–Trinajstić information content (AvgIpc) is 1.84. The van der Waals surface area contributed by atoms with Crippen molar-refractivity contribution < 1.29 is 9.90 Å². The maximum absolute atomic E-state index is 10.1. The highest BCUT2D eigenvalue weighted by Crippen LogP contribution is 2.29. The van der Waals surface area contributed by atoms with E-state index in [1.54, 1.807) is 0 Å². The van der Waals surface area contributed by atoms with E-state index in [0.29, 0.717) is 5.92 Å². The monoisotopic (exact) mass is 143 g/mol. The summed E-state index contributed by atoms with van der Waals surface area (Å²) in [6.45, 7) is 0. The molecule has 1 saturated carbocycles. The summed E-state index contributed by atoms with van der Waals surface area (Å²) in [7, 11) is 0. The predicted molar refractivity (Wildman–Crippen MR) is 37.6 cm³/mol. The molecular weight excluding hydrogens is 130 g/mol. The molecule has 3 nitrogen and oxygen atoms in total. The van der Waals surface area contributed by atoms with Gasteiger partial charge in [0.05, 0.1) is 0 Å². The maximum Gasteiger partial charge on any atom is 0.303 e. The summed E-state index contributed by atoms with van der Waals surface area (Å²) in [6, 6.07) is 0.277. The van der Waals surface area contributed by atoms with Crippen LogP contribution in [0.4, 0.5) is 0 Å². The van der Waals surface area contributed by atoms with Crippen LogP contribution in [-0.4, -0.2) is 17.1 Å². The van der Waals surface area contributed by atoms with Crippen molar-refractivity contribution >= 4 is 5.97 Å². The van der Waals surface area contributed by atoms with Crippen LogP contribution < -0.4 is 5.73 Å². The lowest BCUT2D eigenvalue weighted by atomic mass is 9.77. The molecule has 0 aromatic carbocycles. The molecule has 0 spiro atoms. The minimum atomic E-state index is -0.709. The number of carboxylic acids is 1. The Kier molecular flexibility index (Phi) is 2.27. The van der Waals surface area contributed by atoms with E-state index in [9.17, 15) is 4.79 Å². The Bertz CT molecular complexity index is 136. The molecule has 2 unspecified atom stereocenters. The second-order valence-corrected chi connectivity index (χ2v) is 2.93. The van der Waals surface area contributed by atoms with Gasteiger partial charge in [-0.05, 0) is 25.2 Å². The molecule has 1 fully saturated rings. The quantitative estimate of drug-likeness (QED) is 0.607. The van der Waals surface area contributed by atoms with E-state index in [2.05, 4.69) is 0 Å². The third-order valence-corrected chi connectivity index (χ3v) is 2.21. The Hall–Kier alpha value is -0.570. The molecule has 0 saturated heterocycles. The van der Waals surface area contributed by atoms with Crippen LogP contribution in [0.25, 0.3) is 0 Å². The van der Waals surface area contributed by atoms with Crippen molar-refractivity contribution in [1.82, 2.24) is 0 Å². The van der Waals surface area contributed by atoms with Gasteiger partial charge in [0.2, 0.25) is 0 Å². The zero-order chi connectivity index (χ0) is 7.56. The van der Waals surface area contributed by atoms with E-state index in [-0.39, 0.29) is 12.5 Å². The molecule has 1 aliphatic carbocycles. The normalized spacial score (nSPS) is 31.3. The minimum absolute atomic E-state index is 0.276. The highest BCUT2D eigenvalue weighted by molar-refractivity contribution is 5.66. The van der Waals surface area contributed by atoms with Crippen LogP contribution in [0, 0.1) is 5.92 Å². The molecule has 3 heteroatoms. The molecule has 0 amide bonds. The number of nitrogens with two attached hydrogens (primary N) is 1. The molecule has 0 aromatic rings. The Morgan fingerprint density at radius 3 is 2.60 bits per heavy atom. The fourth-order valence-electron chi connectivity index (χ4n) is 1.26. The summed E-state index contributed by atoms with van der Waals surface area (Å²) < 4.78 is 0. The van der Waals surface area contributed by atoms with Crippen molar-refractivity contribution in [2.24, 2.45) is 11.7 Å². The number of hydrogen-bond donors (Lipinski definition) is 2. The Labute approximate surface area is 60.2 Å². The summed E-state index contributed by atoms with van der Waals surface area (Å²) in [4.78, 5) is 10.1. The van der Waals surface area contributed by atoms with E-state index < -0.39 is 5.97 Å². The molecule has 2 atom stereocenters. The molecule has 1 aliphatic rings. The Morgan fingerprint density at radius 2 is 2.30 bits per heavy atom. The lowest BCUT2D eigenvalue weighted by Crippen LogP contribution is -2.39. The van der Waals surface area contributed by atoms with E-state index in [4.69, 9.17) is 10.8 Å². The molecule has 1 rings (SSSR count). The Balaban J connectivity index is 2.08. The first-order chi connectivity index (χ1) is 4.70. The van der Waals surface area contributed by atoms with Gasteiger partial charge in [0.25, 0.3) is 0 Å². The number of aliphatic carboxylic acids is 1. The molecule has 0 heterocycles. The van der Waals surface area contributed by atoms with Gasteiger partial charge in [0, 0.05) is 12.5 Å². The first-order valence-electron chi connectivity index (χ1n) is 3.67. The number of carbonyl (C=O) groups is 1. The minimum Gasteiger partial charge on any atom is -0.481 e. The third-order valence-electron chi connectivity index (χ3n) is 2.21. The second kappa shape index (κ2) is 3.01. The summed E-state index contributed by atoms with van der Waals surface area (Å²) in [6.07, 6.45) is 3.23. The smallest absolute Gasteiger partial charge is 0.303 e. The van der Waals surface area contributed by atoms with Gasteiger partial charge in [-0.1, -0.05) is 0 Å². The van der Waals surface area contributed by atoms with E-state index >= 15 is 0 Å². The predicted octanol–water partition coefficient (Wildman–Crippen LogP) is 0.588. The lowest BCUT2D eigenvalue weighted by molar-refractivity contribution is -0.137. The zero-order valence-electron chi connectivity index (χ0n) is 5.92. The summed E-state index contributed by atoms with van der Waals surface area (Å²) in [5, 5.41) is 8.33. The number of hydrogen-bond acceptors (Lipinski definition) is 2. The summed E-state index contributed by atoms with van der Waals surface area (Å²) in [5.74, 6) is -0.227. The second-order valence-electron chi connectivity index (χ2n) is 2.93. The highest BCUT2D eigenvalue weighted by atomic mass is 16.4. The third kappa shape index (κ3) is 1.70. The maximum atomic E-state index is 10.1. The molecular formula is C7H13NO2. The van der Waals surface area contributed by atoms with Crippen molar-refractivity contribution in [3.8, 4) is 0 Å². The summed E-state index contributed by atoms with van der Waals surface area (Å²) in [5.41, 5.74) is 5.62. The number of carboxylic acid groups (broad SMARTS) is 1. The molecule has 58 valence electrons. The van der Waals surface area contributed by atoms with Crippen LogP contribution in [0.2, 0.25) is 0 Å². The first kappa shape index (κ1) is 7.54. The van der Waals surface area contributed by atoms with E-state index in [1.807, 2.05) is 0 Å². The van der Waals surface area contributed by atoms with Gasteiger partial charge < -0.3 is 10.8 Å². The van der Waals surface area contributed by atoms with E-state index in [0.717, 1.165) is 19.3 Å². The van der Waals surface area contributed by atoms with Gasteiger partial charge >= 0.3 is 5.97 Å². The van der Waals surface area contributed by atoms with Crippen molar-refractivity contribution in [3.63, 3.8) is 0 Å². The van der Waals surface area contributed by atoms with Crippen molar-refractivity contribution in [2.45, 2.75) is 31.7 Å². The highest BCUT2D eigenvalue weighted by Gasteiger charge is 2.27. The fourth-order valence-corrected chi connectivity index (χ4v) is 1.26. The van der Waals surface area contributed by atoms with E-state index in [1.165, 1.54) is 0 Å². The fraction of sp³-hybridized carbons (Fsp3) is 0.857. The zero-order valence-corrected chi connectivity index (χ0v) is 5.92.